The van der Waals surface area contributed by atoms with Gasteiger partial charge >= 0.3 is 5.97 Å². The second-order valence-electron chi connectivity index (χ2n) is 3.76. The molecule has 0 bridgehead atoms. The van der Waals surface area contributed by atoms with E-state index in [1.165, 1.54) is 18.2 Å². The second kappa shape index (κ2) is 7.21. The Bertz CT molecular complexity index is 459. The van der Waals surface area contributed by atoms with E-state index in [1.54, 1.807) is 6.92 Å². The zero-order valence-electron chi connectivity index (χ0n) is 10.2. The summed E-state index contributed by atoms with van der Waals surface area (Å²) < 4.78 is 5.18. The van der Waals surface area contributed by atoms with Crippen molar-refractivity contribution in [3.63, 3.8) is 0 Å². The highest BCUT2D eigenvalue weighted by Gasteiger charge is 2.17. The summed E-state index contributed by atoms with van der Waals surface area (Å²) in [5.74, 6) is -1.26. The van der Waals surface area contributed by atoms with Gasteiger partial charge in [0.1, 0.15) is 11.8 Å². The van der Waals surface area contributed by atoms with Crippen LogP contribution in [-0.2, 0) is 9.59 Å². The molecule has 1 unspecified atom stereocenters. The first kappa shape index (κ1) is 15.6. The minimum absolute atomic E-state index is 0.296. The Balaban J connectivity index is 2.52. The molecule has 0 aliphatic heterocycles. The van der Waals surface area contributed by atoms with Gasteiger partial charge in [0.2, 0.25) is 0 Å². The number of carbonyl (C=O) groups excluding carboxylic acids is 1. The number of halogens is 2. The molecule has 19 heavy (non-hydrogen) atoms. The summed E-state index contributed by atoms with van der Waals surface area (Å²) in [6.45, 7) is 1.36. The van der Waals surface area contributed by atoms with Gasteiger partial charge in [0.25, 0.3) is 5.91 Å². The van der Waals surface area contributed by atoms with Crippen molar-refractivity contribution < 1.29 is 19.4 Å². The van der Waals surface area contributed by atoms with E-state index >= 15 is 0 Å². The summed E-state index contributed by atoms with van der Waals surface area (Å²) in [4.78, 5) is 22.2. The molecule has 0 aliphatic carbocycles. The van der Waals surface area contributed by atoms with E-state index in [0.29, 0.717) is 22.2 Å². The summed E-state index contributed by atoms with van der Waals surface area (Å²) in [7, 11) is 0. The fourth-order valence-electron chi connectivity index (χ4n) is 1.34. The second-order valence-corrected chi connectivity index (χ2v) is 4.63. The molecule has 0 saturated carbocycles. The van der Waals surface area contributed by atoms with Crippen molar-refractivity contribution in [3.8, 4) is 5.75 Å². The summed E-state index contributed by atoms with van der Waals surface area (Å²) in [6.07, 6.45) is 0.296. The third-order valence-electron chi connectivity index (χ3n) is 2.25. The Hall–Kier alpha value is -1.46. The van der Waals surface area contributed by atoms with Gasteiger partial charge in [0, 0.05) is 10.0 Å². The third-order valence-corrected chi connectivity index (χ3v) is 2.68. The summed E-state index contributed by atoms with van der Waals surface area (Å²) in [6, 6.07) is 3.64. The van der Waals surface area contributed by atoms with Crippen LogP contribution in [0.4, 0.5) is 0 Å². The van der Waals surface area contributed by atoms with Gasteiger partial charge in [0.15, 0.2) is 6.61 Å². The number of amides is 1. The van der Waals surface area contributed by atoms with Crippen molar-refractivity contribution >= 4 is 35.1 Å². The van der Waals surface area contributed by atoms with Crippen LogP contribution in [-0.4, -0.2) is 29.6 Å². The average molecular weight is 306 g/mol. The Morgan fingerprint density at radius 2 is 1.89 bits per heavy atom. The van der Waals surface area contributed by atoms with Gasteiger partial charge in [-0.1, -0.05) is 30.1 Å². The molecule has 1 rings (SSSR count). The fourth-order valence-corrected chi connectivity index (χ4v) is 1.84. The van der Waals surface area contributed by atoms with Gasteiger partial charge in [-0.15, -0.1) is 0 Å². The van der Waals surface area contributed by atoms with Crippen LogP contribution in [0.2, 0.25) is 10.0 Å². The maximum atomic E-state index is 11.5. The lowest BCUT2D eigenvalue weighted by atomic mass is 10.2. The number of hydrogen-bond donors (Lipinski definition) is 2. The zero-order chi connectivity index (χ0) is 14.4. The lowest BCUT2D eigenvalue weighted by Gasteiger charge is -2.12. The van der Waals surface area contributed by atoms with Crippen molar-refractivity contribution in [1.29, 1.82) is 0 Å². The quantitative estimate of drug-likeness (QED) is 0.846. The van der Waals surface area contributed by atoms with E-state index in [-0.39, 0.29) is 6.61 Å². The number of hydrogen-bond acceptors (Lipinski definition) is 3. The van der Waals surface area contributed by atoms with Crippen LogP contribution in [0.1, 0.15) is 13.3 Å². The van der Waals surface area contributed by atoms with Gasteiger partial charge in [-0.2, -0.15) is 0 Å². The highest BCUT2D eigenvalue weighted by Crippen LogP contribution is 2.23. The number of carboxylic acid groups (broad SMARTS) is 1. The van der Waals surface area contributed by atoms with Gasteiger partial charge in [0.05, 0.1) is 0 Å². The third kappa shape index (κ3) is 5.36. The highest BCUT2D eigenvalue weighted by molar-refractivity contribution is 6.34. The van der Waals surface area contributed by atoms with Gasteiger partial charge in [-0.3, -0.25) is 4.79 Å². The van der Waals surface area contributed by atoms with E-state index < -0.39 is 17.9 Å². The predicted molar refractivity (Wildman–Crippen MR) is 71.8 cm³/mol. The molecule has 5 nitrogen and oxygen atoms in total. The Morgan fingerprint density at radius 1 is 1.32 bits per heavy atom. The first-order valence-corrected chi connectivity index (χ1v) is 6.29. The lowest BCUT2D eigenvalue weighted by Crippen LogP contribution is -2.42. The lowest BCUT2D eigenvalue weighted by molar-refractivity contribution is -0.142. The SMILES string of the molecule is CCC(NC(=O)COc1cc(Cl)cc(Cl)c1)C(=O)O. The van der Waals surface area contributed by atoms with Crippen LogP contribution in [0.15, 0.2) is 18.2 Å². The number of benzene rings is 1. The topological polar surface area (TPSA) is 75.6 Å². The molecular weight excluding hydrogens is 293 g/mol. The average Bonchev–Trinajstić information content (AvgIpc) is 2.32. The predicted octanol–water partition coefficient (Wildman–Crippen LogP) is 2.35. The minimum Gasteiger partial charge on any atom is -0.484 e. The standard InChI is InChI=1S/C12H13Cl2NO4/c1-2-10(12(17)18)15-11(16)6-19-9-4-7(13)3-8(14)5-9/h3-5,10H,2,6H2,1H3,(H,15,16)(H,17,18). The minimum atomic E-state index is -1.08. The molecule has 0 fully saturated rings. The molecule has 0 aromatic heterocycles. The molecule has 0 radical (unpaired) electrons. The maximum absolute atomic E-state index is 11.5. The van der Waals surface area contributed by atoms with Crippen LogP contribution in [0.25, 0.3) is 0 Å². The Kier molecular flexibility index (Phi) is 5.92. The van der Waals surface area contributed by atoms with E-state index in [2.05, 4.69) is 5.32 Å². The molecule has 2 N–H and O–H groups in total. The molecule has 7 heteroatoms. The molecule has 0 saturated heterocycles. The number of nitrogens with one attached hydrogen (secondary N) is 1. The number of carbonyl (C=O) groups is 2. The van der Waals surface area contributed by atoms with Crippen molar-refractivity contribution in [1.82, 2.24) is 5.32 Å². The maximum Gasteiger partial charge on any atom is 0.326 e. The van der Waals surface area contributed by atoms with Gasteiger partial charge < -0.3 is 15.2 Å². The van der Waals surface area contributed by atoms with E-state index in [9.17, 15) is 9.59 Å². The van der Waals surface area contributed by atoms with E-state index in [4.69, 9.17) is 33.0 Å². The molecule has 0 aliphatic rings. The van der Waals surface area contributed by atoms with E-state index in [1.807, 2.05) is 0 Å². The molecule has 104 valence electrons. The van der Waals surface area contributed by atoms with Crippen LogP contribution in [0.5, 0.6) is 5.75 Å². The van der Waals surface area contributed by atoms with Gasteiger partial charge in [-0.05, 0) is 24.6 Å². The van der Waals surface area contributed by atoms with E-state index in [0.717, 1.165) is 0 Å². The Morgan fingerprint density at radius 3 is 2.37 bits per heavy atom. The largest absolute Gasteiger partial charge is 0.484 e. The summed E-state index contributed by atoms with van der Waals surface area (Å²) in [5.41, 5.74) is 0. The zero-order valence-corrected chi connectivity index (χ0v) is 11.7. The molecule has 1 aromatic rings. The van der Waals surface area contributed by atoms with Crippen LogP contribution in [0.3, 0.4) is 0 Å². The van der Waals surface area contributed by atoms with Crippen molar-refractivity contribution in [2.24, 2.45) is 0 Å². The van der Waals surface area contributed by atoms with Crippen LogP contribution in [0, 0.1) is 0 Å². The summed E-state index contributed by atoms with van der Waals surface area (Å²) in [5, 5.41) is 11.9. The smallest absolute Gasteiger partial charge is 0.326 e. The van der Waals surface area contributed by atoms with Crippen molar-refractivity contribution in [2.75, 3.05) is 6.61 Å². The first-order chi connectivity index (χ1) is 8.92. The highest BCUT2D eigenvalue weighted by atomic mass is 35.5. The molecule has 1 aromatic carbocycles. The number of carboxylic acids is 1. The van der Waals surface area contributed by atoms with Gasteiger partial charge in [-0.25, -0.2) is 4.79 Å². The number of ether oxygens (including phenoxy) is 1. The van der Waals surface area contributed by atoms with Crippen molar-refractivity contribution in [2.45, 2.75) is 19.4 Å². The molecular formula is C12H13Cl2NO4. The van der Waals surface area contributed by atoms with Crippen LogP contribution < -0.4 is 10.1 Å². The monoisotopic (exact) mass is 305 g/mol. The summed E-state index contributed by atoms with van der Waals surface area (Å²) >= 11 is 11.5. The van der Waals surface area contributed by atoms with Crippen molar-refractivity contribution in [3.05, 3.63) is 28.2 Å². The number of rotatable bonds is 6. The number of aliphatic carboxylic acids is 1. The Labute approximate surface area is 120 Å². The first-order valence-electron chi connectivity index (χ1n) is 5.53. The molecule has 1 amide bonds. The van der Waals surface area contributed by atoms with Crippen LogP contribution >= 0.6 is 23.2 Å². The molecule has 0 spiro atoms. The fraction of sp³-hybridized carbons (Fsp3) is 0.333. The molecule has 0 heterocycles. The molecule has 1 atom stereocenters. The normalized spacial score (nSPS) is 11.7.